The number of carbonyl (C=O) groups is 4. The zero-order valence-corrected chi connectivity index (χ0v) is 22.2. The number of nitrogens with zero attached hydrogens (tertiary/aromatic N) is 2. The monoisotopic (exact) mass is 518 g/mol. The first-order chi connectivity index (χ1) is 18.1. The molecular weight excluding hydrogens is 484 g/mol. The van der Waals surface area contributed by atoms with Gasteiger partial charge in [-0.2, -0.15) is 0 Å². The first kappa shape index (κ1) is 26.1. The highest BCUT2D eigenvalue weighted by molar-refractivity contribution is 6.21. The predicted octanol–water partition coefficient (Wildman–Crippen LogP) is 4.13. The fourth-order valence-corrected chi connectivity index (χ4v) is 6.42. The molecule has 2 aromatic carbocycles. The van der Waals surface area contributed by atoms with E-state index in [0.717, 1.165) is 17.7 Å². The Labute approximate surface area is 222 Å². The zero-order chi connectivity index (χ0) is 27.4. The summed E-state index contributed by atoms with van der Waals surface area (Å²) >= 11 is 0. The van der Waals surface area contributed by atoms with Gasteiger partial charge >= 0.3 is 0 Å². The average molecular weight is 519 g/mol. The van der Waals surface area contributed by atoms with Crippen LogP contribution in [0.3, 0.4) is 0 Å². The van der Waals surface area contributed by atoms with Crippen LogP contribution >= 0.6 is 0 Å². The number of benzene rings is 2. The van der Waals surface area contributed by atoms with E-state index in [4.69, 9.17) is 4.74 Å². The Bertz CT molecular complexity index is 1270. The summed E-state index contributed by atoms with van der Waals surface area (Å²) in [5.74, 6) is -2.76. The lowest BCUT2D eigenvalue weighted by Gasteiger charge is -2.55. The zero-order valence-electron chi connectivity index (χ0n) is 22.2. The molecule has 1 spiro atoms. The number of aliphatic hydroxyl groups excluding tert-OH is 1. The number of hydrogen-bond acceptors (Lipinski definition) is 6. The van der Waals surface area contributed by atoms with E-state index in [1.54, 1.807) is 48.5 Å². The minimum Gasteiger partial charge on any atom is -0.466 e. The van der Waals surface area contributed by atoms with Crippen LogP contribution in [0.25, 0.3) is 0 Å². The van der Waals surface area contributed by atoms with Crippen molar-refractivity contribution in [1.82, 2.24) is 9.80 Å². The highest BCUT2D eigenvalue weighted by atomic mass is 16.5. The molecule has 8 nitrogen and oxygen atoms in total. The van der Waals surface area contributed by atoms with E-state index < -0.39 is 41.4 Å². The Morgan fingerprint density at radius 1 is 0.947 bits per heavy atom. The van der Waals surface area contributed by atoms with Crippen molar-refractivity contribution >= 4 is 23.6 Å². The number of ether oxygens (including phenoxy) is 1. The molecule has 0 unspecified atom stereocenters. The van der Waals surface area contributed by atoms with E-state index in [-0.39, 0.29) is 41.0 Å². The second kappa shape index (κ2) is 9.66. The summed E-state index contributed by atoms with van der Waals surface area (Å²) in [6.45, 7) is 7.31. The molecule has 1 fully saturated rings. The molecule has 0 radical (unpaired) electrons. The van der Waals surface area contributed by atoms with Crippen molar-refractivity contribution in [3.8, 4) is 5.75 Å². The van der Waals surface area contributed by atoms with Gasteiger partial charge in [-0.3, -0.25) is 24.1 Å². The molecule has 1 saturated carbocycles. The van der Waals surface area contributed by atoms with Gasteiger partial charge in [0.1, 0.15) is 5.75 Å². The van der Waals surface area contributed by atoms with Crippen molar-refractivity contribution in [3.63, 3.8) is 0 Å². The van der Waals surface area contributed by atoms with Crippen LogP contribution in [0.2, 0.25) is 0 Å². The van der Waals surface area contributed by atoms with Crippen LogP contribution in [0.4, 0.5) is 0 Å². The summed E-state index contributed by atoms with van der Waals surface area (Å²) in [6.07, 6.45) is 0.949. The predicted molar refractivity (Wildman–Crippen MR) is 139 cm³/mol. The van der Waals surface area contributed by atoms with Gasteiger partial charge in [0.25, 0.3) is 17.7 Å². The summed E-state index contributed by atoms with van der Waals surface area (Å²) in [6, 6.07) is 13.4. The molecule has 200 valence electrons. The number of hydrogen-bond donors (Lipinski definition) is 1. The third kappa shape index (κ3) is 4.02. The lowest BCUT2D eigenvalue weighted by Crippen LogP contribution is -2.69. The molecule has 8 heteroatoms. The van der Waals surface area contributed by atoms with Crippen molar-refractivity contribution in [2.24, 2.45) is 23.7 Å². The molecule has 2 aliphatic heterocycles. The third-order valence-electron chi connectivity index (χ3n) is 8.36. The second-order valence-corrected chi connectivity index (χ2v) is 11.3. The van der Waals surface area contributed by atoms with Crippen LogP contribution in [-0.2, 0) is 4.79 Å². The molecule has 2 aromatic rings. The second-order valence-electron chi connectivity index (χ2n) is 11.3. The Balaban J connectivity index is 1.57. The van der Waals surface area contributed by atoms with Gasteiger partial charge in [0.05, 0.1) is 28.7 Å². The largest absolute Gasteiger partial charge is 0.466 e. The lowest BCUT2D eigenvalue weighted by atomic mass is 9.69. The van der Waals surface area contributed by atoms with Crippen molar-refractivity contribution in [2.75, 3.05) is 6.54 Å². The normalized spacial score (nSPS) is 26.3. The van der Waals surface area contributed by atoms with E-state index >= 15 is 0 Å². The van der Waals surface area contributed by atoms with Crippen molar-refractivity contribution < 1.29 is 29.0 Å². The summed E-state index contributed by atoms with van der Waals surface area (Å²) in [7, 11) is 0. The molecular formula is C30H34N2O6. The number of amides is 4. The van der Waals surface area contributed by atoms with Gasteiger partial charge in [0.2, 0.25) is 5.91 Å². The van der Waals surface area contributed by atoms with E-state index in [9.17, 15) is 24.3 Å². The highest BCUT2D eigenvalue weighted by Gasteiger charge is 2.59. The summed E-state index contributed by atoms with van der Waals surface area (Å²) in [5.41, 5.74) is -0.433. The van der Waals surface area contributed by atoms with Gasteiger partial charge in [-0.25, -0.2) is 4.90 Å². The Morgan fingerprint density at radius 2 is 1.53 bits per heavy atom. The fourth-order valence-electron chi connectivity index (χ4n) is 6.42. The van der Waals surface area contributed by atoms with Gasteiger partial charge < -0.3 is 9.84 Å². The smallest absolute Gasteiger partial charge is 0.267 e. The van der Waals surface area contributed by atoms with E-state index in [1.807, 2.05) is 0 Å². The molecule has 0 saturated heterocycles. The molecule has 38 heavy (non-hydrogen) atoms. The van der Waals surface area contributed by atoms with Gasteiger partial charge in [0, 0.05) is 18.9 Å². The van der Waals surface area contributed by atoms with Crippen LogP contribution in [0, 0.1) is 23.7 Å². The minimum absolute atomic E-state index is 0.108. The number of imide groups is 2. The molecule has 0 bridgehead atoms. The number of para-hydroxylation sites is 1. The molecule has 3 aliphatic rings. The summed E-state index contributed by atoms with van der Waals surface area (Å²) < 4.78 is 6.66. The van der Waals surface area contributed by atoms with Crippen molar-refractivity contribution in [1.29, 1.82) is 0 Å². The quantitative estimate of drug-likeness (QED) is 0.597. The summed E-state index contributed by atoms with van der Waals surface area (Å²) in [5, 5.41) is 10.8. The van der Waals surface area contributed by atoms with E-state index in [2.05, 4.69) is 20.8 Å². The van der Waals surface area contributed by atoms with Crippen LogP contribution in [0.1, 0.15) is 78.0 Å². The van der Waals surface area contributed by atoms with Gasteiger partial charge in [-0.15, -0.1) is 0 Å². The fraction of sp³-hybridized carbons (Fsp3) is 0.467. The molecule has 0 aromatic heterocycles. The molecule has 4 amide bonds. The first-order valence-corrected chi connectivity index (χ1v) is 13.4. The maximum Gasteiger partial charge on any atom is 0.267 e. The third-order valence-corrected chi connectivity index (χ3v) is 8.36. The molecule has 1 aliphatic carbocycles. The van der Waals surface area contributed by atoms with Crippen molar-refractivity contribution in [3.05, 3.63) is 65.2 Å². The number of rotatable bonds is 5. The molecule has 5 rings (SSSR count). The van der Waals surface area contributed by atoms with E-state index in [0.29, 0.717) is 12.2 Å². The van der Waals surface area contributed by atoms with Crippen LogP contribution in [0.15, 0.2) is 48.5 Å². The first-order valence-electron chi connectivity index (χ1n) is 13.4. The molecule has 5 atom stereocenters. The molecule has 2 heterocycles. The maximum absolute atomic E-state index is 14.4. The highest BCUT2D eigenvalue weighted by Crippen LogP contribution is 2.50. The van der Waals surface area contributed by atoms with Gasteiger partial charge in [-0.05, 0) is 55.9 Å². The van der Waals surface area contributed by atoms with Gasteiger partial charge in [0.15, 0.2) is 5.72 Å². The Morgan fingerprint density at radius 3 is 2.11 bits per heavy atom. The van der Waals surface area contributed by atoms with Gasteiger partial charge in [-0.1, -0.05) is 45.0 Å². The standard InChI is InChI=1S/C30H34N2O6/c1-17(2)24-14-13-18(3)15-30(24)32(28(36)22-11-7-8-12-25(22)38-30)29(37)23(19(4)33)16-31-26(34)20-9-5-6-10-21(20)27(31)35/h5-12,17-19,23-24,33H,13-16H2,1-4H3/t18-,19-,23-,24+,30+/m1/s1. The minimum atomic E-state index is -1.23. The lowest BCUT2D eigenvalue weighted by molar-refractivity contribution is -0.181. The topological polar surface area (TPSA) is 104 Å². The van der Waals surface area contributed by atoms with Crippen LogP contribution in [-0.4, -0.2) is 56.9 Å². The maximum atomic E-state index is 14.4. The number of aliphatic hydroxyl groups is 1. The average Bonchev–Trinajstić information content (AvgIpc) is 3.11. The van der Waals surface area contributed by atoms with Crippen LogP contribution < -0.4 is 4.74 Å². The summed E-state index contributed by atoms with van der Waals surface area (Å²) in [4.78, 5) is 56.8. The SMILES string of the molecule is CC(C)[C@@H]1CC[C@@H](C)C[C@]12Oc1ccccc1C(=O)N2C(=O)[C@H](CN1C(=O)c2ccccc2C1=O)[C@@H](C)O. The Hall–Kier alpha value is -3.52. The van der Waals surface area contributed by atoms with Crippen LogP contribution in [0.5, 0.6) is 5.75 Å². The Kier molecular flexibility index (Phi) is 6.63. The number of carbonyl (C=O) groups excluding carboxylic acids is 4. The number of fused-ring (bicyclic) bond motifs is 2. The van der Waals surface area contributed by atoms with E-state index in [1.165, 1.54) is 11.8 Å². The van der Waals surface area contributed by atoms with Crippen molar-refractivity contribution in [2.45, 2.75) is 58.8 Å². The molecule has 1 N–H and O–H groups in total.